The minimum Gasteiger partial charge on any atom is -0.497 e. The van der Waals surface area contributed by atoms with Gasteiger partial charge in [0.1, 0.15) is 18.0 Å². The van der Waals surface area contributed by atoms with Crippen molar-refractivity contribution in [2.24, 2.45) is 0 Å². The maximum atomic E-state index is 14.2. The third kappa shape index (κ3) is 6.25. The minimum atomic E-state index is -0.702. The largest absolute Gasteiger partial charge is 0.497 e. The van der Waals surface area contributed by atoms with Gasteiger partial charge in [-0.25, -0.2) is 4.79 Å². The summed E-state index contributed by atoms with van der Waals surface area (Å²) in [6, 6.07) is 30.4. The Bertz CT molecular complexity index is 1690. The van der Waals surface area contributed by atoms with Crippen molar-refractivity contribution in [1.29, 1.82) is 0 Å². The average Bonchev–Trinajstić information content (AvgIpc) is 3.40. The first-order valence-electron chi connectivity index (χ1n) is 15.1. The Morgan fingerprint density at radius 1 is 0.956 bits per heavy atom. The lowest BCUT2D eigenvalue weighted by Gasteiger charge is -2.46. The molecule has 1 N–H and O–H groups in total. The number of rotatable bonds is 10. The highest BCUT2D eigenvalue weighted by Gasteiger charge is 2.52. The molecule has 2 heterocycles. The molecule has 6 rings (SSSR count). The van der Waals surface area contributed by atoms with Crippen LogP contribution in [0.3, 0.4) is 0 Å². The van der Waals surface area contributed by atoms with Crippen molar-refractivity contribution in [2.45, 2.75) is 31.7 Å². The number of methoxy groups -OCH3 is 1. The number of benzene rings is 4. The fourth-order valence-corrected chi connectivity index (χ4v) is 6.30. The van der Waals surface area contributed by atoms with E-state index in [1.165, 1.54) is 5.01 Å². The lowest BCUT2D eigenvalue weighted by atomic mass is 9.99. The van der Waals surface area contributed by atoms with Crippen LogP contribution in [0, 0.1) is 0 Å². The van der Waals surface area contributed by atoms with Gasteiger partial charge in [-0.15, -0.1) is 6.58 Å². The van der Waals surface area contributed by atoms with Gasteiger partial charge < -0.3 is 19.9 Å². The number of fused-ring (bicyclic) bond motifs is 2. The van der Waals surface area contributed by atoms with E-state index in [9.17, 15) is 14.4 Å². The summed E-state index contributed by atoms with van der Waals surface area (Å²) in [6.07, 6.45) is 1.50. The summed E-state index contributed by atoms with van der Waals surface area (Å²) in [5.74, 6) is 0.451. The molecule has 4 aromatic carbocycles. The van der Waals surface area contributed by atoms with E-state index >= 15 is 0 Å². The number of hydrogen-bond donors (Lipinski definition) is 1. The first-order valence-corrected chi connectivity index (χ1v) is 15.1. The monoisotopic (exact) mass is 603 g/mol. The number of urea groups is 1. The van der Waals surface area contributed by atoms with E-state index in [0.717, 1.165) is 33.2 Å². The van der Waals surface area contributed by atoms with Crippen molar-refractivity contribution >= 4 is 28.6 Å². The van der Waals surface area contributed by atoms with E-state index in [2.05, 4.69) is 30.1 Å². The molecule has 0 saturated carbocycles. The summed E-state index contributed by atoms with van der Waals surface area (Å²) in [5, 5.41) is 8.49. The van der Waals surface area contributed by atoms with E-state index in [1.54, 1.807) is 23.1 Å². The molecule has 0 aliphatic carbocycles. The molecule has 0 unspecified atom stereocenters. The Labute approximate surface area is 263 Å². The highest BCUT2D eigenvalue weighted by Crippen LogP contribution is 2.31. The molecule has 9 heteroatoms. The second-order valence-electron chi connectivity index (χ2n) is 11.3. The Morgan fingerprint density at radius 2 is 1.69 bits per heavy atom. The van der Waals surface area contributed by atoms with Crippen LogP contribution in [0.4, 0.5) is 4.79 Å². The lowest BCUT2D eigenvalue weighted by Crippen LogP contribution is -2.66. The summed E-state index contributed by atoms with van der Waals surface area (Å²) < 4.78 is 5.24. The number of carbonyl (C=O) groups is 3. The van der Waals surface area contributed by atoms with Gasteiger partial charge in [0.25, 0.3) is 0 Å². The molecule has 2 atom stereocenters. The smallest absolute Gasteiger partial charge is 0.332 e. The molecule has 4 aromatic rings. The molecule has 0 radical (unpaired) electrons. The quantitative estimate of drug-likeness (QED) is 0.268. The fourth-order valence-electron chi connectivity index (χ4n) is 6.30. The second-order valence-corrected chi connectivity index (χ2v) is 11.3. The summed E-state index contributed by atoms with van der Waals surface area (Å²) in [6.45, 7) is 5.01. The van der Waals surface area contributed by atoms with Gasteiger partial charge in [0, 0.05) is 19.5 Å². The van der Waals surface area contributed by atoms with Crippen LogP contribution in [0.15, 0.2) is 110 Å². The third-order valence-electron chi connectivity index (χ3n) is 8.53. The van der Waals surface area contributed by atoms with Crippen LogP contribution in [0.2, 0.25) is 0 Å². The number of piperazine rings is 1. The van der Waals surface area contributed by atoms with Crippen molar-refractivity contribution < 1.29 is 19.1 Å². The summed E-state index contributed by atoms with van der Waals surface area (Å²) in [5.41, 5.74) is 2.91. The van der Waals surface area contributed by atoms with Crippen LogP contribution in [-0.2, 0) is 29.1 Å². The van der Waals surface area contributed by atoms with Gasteiger partial charge in [-0.05, 0) is 39.6 Å². The zero-order valence-corrected chi connectivity index (χ0v) is 25.3. The molecule has 2 aliphatic heterocycles. The van der Waals surface area contributed by atoms with Crippen molar-refractivity contribution in [1.82, 2.24) is 25.1 Å². The second kappa shape index (κ2) is 13.2. The van der Waals surface area contributed by atoms with Crippen molar-refractivity contribution in [2.75, 3.05) is 26.7 Å². The summed E-state index contributed by atoms with van der Waals surface area (Å²) in [4.78, 5) is 45.1. The lowest BCUT2D eigenvalue weighted by molar-refractivity contribution is -0.157. The topological polar surface area (TPSA) is 85.4 Å². The van der Waals surface area contributed by atoms with E-state index in [0.29, 0.717) is 19.5 Å². The van der Waals surface area contributed by atoms with E-state index in [1.807, 2.05) is 83.8 Å². The number of amides is 4. The van der Waals surface area contributed by atoms with Crippen molar-refractivity contribution in [3.05, 3.63) is 126 Å². The van der Waals surface area contributed by atoms with Crippen LogP contribution < -0.4 is 10.1 Å². The maximum Gasteiger partial charge on any atom is 0.332 e. The number of hydrogen-bond acceptors (Lipinski definition) is 5. The number of nitrogens with one attached hydrogen (secondary N) is 1. The highest BCUT2D eigenvalue weighted by molar-refractivity contribution is 5.92. The van der Waals surface area contributed by atoms with Gasteiger partial charge in [0.15, 0.2) is 0 Å². The molecule has 9 nitrogen and oxygen atoms in total. The number of hydrazine groups is 1. The van der Waals surface area contributed by atoms with Crippen LogP contribution in [0.1, 0.15) is 16.7 Å². The van der Waals surface area contributed by atoms with Gasteiger partial charge in [-0.1, -0.05) is 91.0 Å². The molecular formula is C36H37N5O4. The molecule has 45 heavy (non-hydrogen) atoms. The molecule has 230 valence electrons. The standard InChI is InChI=1S/C36H37N5O4/c1-3-20-39(36(44)37-22-27-16-18-30(45-2)19-17-27)40-25-34(42)41-32(21-26-10-5-4-6-11-26)35(43)38(24-33(40)41)23-29-14-9-13-28-12-7-8-15-31(28)29/h3-19,32-33H,1,20-25H2,2H3,(H,37,44)/t32-,33+/m0/s1. The molecule has 2 saturated heterocycles. The van der Waals surface area contributed by atoms with E-state index < -0.39 is 12.2 Å². The first kappa shape index (κ1) is 29.9. The van der Waals surface area contributed by atoms with Crippen LogP contribution in [0.5, 0.6) is 5.75 Å². The number of carbonyl (C=O) groups excluding carboxylic acids is 3. The molecular weight excluding hydrogens is 566 g/mol. The van der Waals surface area contributed by atoms with Gasteiger partial charge in [-0.3, -0.25) is 14.6 Å². The first-order chi connectivity index (χ1) is 22.0. The van der Waals surface area contributed by atoms with Gasteiger partial charge >= 0.3 is 6.03 Å². The van der Waals surface area contributed by atoms with Crippen LogP contribution in [-0.4, -0.2) is 76.6 Å². The predicted octanol–water partition coefficient (Wildman–Crippen LogP) is 4.59. The highest BCUT2D eigenvalue weighted by atomic mass is 16.5. The number of nitrogens with zero attached hydrogens (tertiary/aromatic N) is 4. The fraction of sp³-hybridized carbons (Fsp3) is 0.250. The average molecular weight is 604 g/mol. The van der Waals surface area contributed by atoms with Gasteiger partial charge in [0.2, 0.25) is 11.8 Å². The molecule has 2 aliphatic rings. The van der Waals surface area contributed by atoms with Gasteiger partial charge in [0.05, 0.1) is 26.7 Å². The third-order valence-corrected chi connectivity index (χ3v) is 8.53. The Balaban J connectivity index is 1.29. The Kier molecular flexibility index (Phi) is 8.79. The zero-order chi connectivity index (χ0) is 31.3. The molecule has 2 fully saturated rings. The normalized spacial score (nSPS) is 18.2. The molecule has 0 bridgehead atoms. The van der Waals surface area contributed by atoms with Crippen LogP contribution in [0.25, 0.3) is 10.8 Å². The van der Waals surface area contributed by atoms with Crippen LogP contribution >= 0.6 is 0 Å². The molecule has 0 spiro atoms. The zero-order valence-electron chi connectivity index (χ0n) is 25.3. The SMILES string of the molecule is C=CCN(C(=O)NCc1ccc(OC)cc1)N1CC(=O)N2[C@@H](Cc3ccccc3)C(=O)N(Cc3cccc4ccccc34)C[C@@H]21. The Hall–Kier alpha value is -5.15. The number of ether oxygens (including phenoxy) is 1. The maximum absolute atomic E-state index is 14.2. The molecule has 4 amide bonds. The van der Waals surface area contributed by atoms with E-state index in [-0.39, 0.29) is 37.5 Å². The van der Waals surface area contributed by atoms with E-state index in [4.69, 9.17) is 4.74 Å². The molecule has 0 aromatic heterocycles. The minimum absolute atomic E-state index is 0.0187. The van der Waals surface area contributed by atoms with Crippen molar-refractivity contribution in [3.8, 4) is 5.75 Å². The Morgan fingerprint density at radius 3 is 2.44 bits per heavy atom. The summed E-state index contributed by atoms with van der Waals surface area (Å²) >= 11 is 0. The van der Waals surface area contributed by atoms with Crippen molar-refractivity contribution in [3.63, 3.8) is 0 Å². The summed E-state index contributed by atoms with van der Waals surface area (Å²) in [7, 11) is 1.61. The predicted molar refractivity (Wildman–Crippen MR) is 173 cm³/mol. The van der Waals surface area contributed by atoms with Gasteiger partial charge in [-0.2, -0.15) is 5.01 Å².